The summed E-state index contributed by atoms with van der Waals surface area (Å²) in [6, 6.07) is 0. The van der Waals surface area contributed by atoms with E-state index in [9.17, 15) is 0 Å². The van der Waals surface area contributed by atoms with Crippen LogP contribution in [0.4, 0.5) is 0 Å². The molecule has 1 heteroatoms. The maximum absolute atomic E-state index is 5.04. The highest BCUT2D eigenvalue weighted by atomic mass is 16.5. The van der Waals surface area contributed by atoms with Gasteiger partial charge in [-0.2, -0.15) is 0 Å². The van der Waals surface area contributed by atoms with Gasteiger partial charge in [-0.1, -0.05) is 31.9 Å². The summed E-state index contributed by atoms with van der Waals surface area (Å²) < 4.78 is 5.04. The van der Waals surface area contributed by atoms with E-state index in [1.165, 1.54) is 19.3 Å². The van der Waals surface area contributed by atoms with Crippen LogP contribution in [0.2, 0.25) is 0 Å². The Labute approximate surface area is 64.1 Å². The predicted molar refractivity (Wildman–Crippen MR) is 45.1 cm³/mol. The second-order valence-corrected chi connectivity index (χ2v) is 2.51. The molecule has 0 aromatic rings. The van der Waals surface area contributed by atoms with Crippen LogP contribution in [0, 0.1) is 0 Å². The largest absolute Gasteiger partial charge is 0.378 e. The molecule has 0 aliphatic rings. The molecule has 0 unspecified atom stereocenters. The maximum atomic E-state index is 5.04. The molecule has 1 atom stereocenters. The van der Waals surface area contributed by atoms with Gasteiger partial charge >= 0.3 is 0 Å². The van der Waals surface area contributed by atoms with Crippen LogP contribution in [-0.2, 0) is 4.74 Å². The van der Waals surface area contributed by atoms with Gasteiger partial charge in [0, 0.05) is 7.11 Å². The molecule has 0 heterocycles. The number of rotatable bonds is 5. The molecule has 0 N–H and O–H groups in total. The van der Waals surface area contributed by atoms with Crippen molar-refractivity contribution in [2.45, 2.75) is 39.2 Å². The maximum Gasteiger partial charge on any atom is 0.0723 e. The predicted octanol–water partition coefficient (Wildman–Crippen LogP) is 2.77. The van der Waals surface area contributed by atoms with Gasteiger partial charge in [-0.15, -0.1) is 0 Å². The molecular formula is C9H18O. The Morgan fingerprint density at radius 3 is 2.70 bits per heavy atom. The average molecular weight is 142 g/mol. The third-order valence-corrected chi connectivity index (χ3v) is 1.50. The van der Waals surface area contributed by atoms with Crippen molar-refractivity contribution in [3.8, 4) is 0 Å². The van der Waals surface area contributed by atoms with E-state index >= 15 is 0 Å². The van der Waals surface area contributed by atoms with Gasteiger partial charge in [-0.05, 0) is 13.3 Å². The fraction of sp³-hybridized carbons (Fsp3) is 0.778. The first-order valence-corrected chi connectivity index (χ1v) is 4.00. The minimum absolute atomic E-state index is 0.275. The first-order valence-electron chi connectivity index (χ1n) is 4.00. The summed E-state index contributed by atoms with van der Waals surface area (Å²) in [5, 5.41) is 0. The summed E-state index contributed by atoms with van der Waals surface area (Å²) in [7, 11) is 1.73. The number of allylic oxidation sites excluding steroid dienone is 1. The minimum atomic E-state index is 0.275. The highest BCUT2D eigenvalue weighted by Gasteiger charge is 1.88. The highest BCUT2D eigenvalue weighted by molar-refractivity contribution is 4.86. The van der Waals surface area contributed by atoms with Gasteiger partial charge in [0.2, 0.25) is 0 Å². The first kappa shape index (κ1) is 9.70. The minimum Gasteiger partial charge on any atom is -0.378 e. The summed E-state index contributed by atoms with van der Waals surface area (Å²) in [6.07, 6.45) is 8.31. The Bertz CT molecular complexity index is 86.7. The SMILES string of the molecule is CCCC/C=C/[C@@H](C)OC. The van der Waals surface area contributed by atoms with Crippen LogP contribution in [0.5, 0.6) is 0 Å². The molecule has 60 valence electrons. The zero-order chi connectivity index (χ0) is 7.82. The van der Waals surface area contributed by atoms with Gasteiger partial charge in [0.15, 0.2) is 0 Å². The van der Waals surface area contributed by atoms with Crippen LogP contribution in [0.15, 0.2) is 12.2 Å². The summed E-state index contributed by atoms with van der Waals surface area (Å²) in [6.45, 7) is 4.25. The Morgan fingerprint density at radius 2 is 2.20 bits per heavy atom. The van der Waals surface area contributed by atoms with E-state index in [1.807, 2.05) is 6.92 Å². The van der Waals surface area contributed by atoms with Crippen molar-refractivity contribution in [2.24, 2.45) is 0 Å². The summed E-state index contributed by atoms with van der Waals surface area (Å²) in [5.41, 5.74) is 0. The third kappa shape index (κ3) is 5.83. The smallest absolute Gasteiger partial charge is 0.0723 e. The molecule has 0 amide bonds. The van der Waals surface area contributed by atoms with Crippen molar-refractivity contribution in [3.63, 3.8) is 0 Å². The molecule has 1 nitrogen and oxygen atoms in total. The monoisotopic (exact) mass is 142 g/mol. The van der Waals surface area contributed by atoms with Gasteiger partial charge in [0.1, 0.15) is 0 Å². The van der Waals surface area contributed by atoms with E-state index in [4.69, 9.17) is 4.74 Å². The molecule has 0 rings (SSSR count). The standard InChI is InChI=1S/C9H18O/c1-4-5-6-7-8-9(2)10-3/h7-9H,4-6H2,1-3H3/b8-7+/t9-/m1/s1. The lowest BCUT2D eigenvalue weighted by molar-refractivity contribution is 0.156. The second kappa shape index (κ2) is 6.81. The molecule has 0 aliphatic heterocycles. The van der Waals surface area contributed by atoms with Gasteiger partial charge in [-0.25, -0.2) is 0 Å². The number of hydrogen-bond acceptors (Lipinski definition) is 1. The molecule has 0 saturated heterocycles. The number of hydrogen-bond donors (Lipinski definition) is 0. The van der Waals surface area contributed by atoms with Crippen molar-refractivity contribution in [3.05, 3.63) is 12.2 Å². The summed E-state index contributed by atoms with van der Waals surface area (Å²) in [4.78, 5) is 0. The van der Waals surface area contributed by atoms with Crippen LogP contribution < -0.4 is 0 Å². The number of unbranched alkanes of at least 4 members (excludes halogenated alkanes) is 2. The third-order valence-electron chi connectivity index (χ3n) is 1.50. The zero-order valence-corrected chi connectivity index (χ0v) is 7.26. The van der Waals surface area contributed by atoms with Gasteiger partial charge in [0.05, 0.1) is 6.10 Å². The Kier molecular flexibility index (Phi) is 6.61. The van der Waals surface area contributed by atoms with Gasteiger partial charge < -0.3 is 4.74 Å². The quantitative estimate of drug-likeness (QED) is 0.423. The van der Waals surface area contributed by atoms with Crippen molar-refractivity contribution < 1.29 is 4.74 Å². The lowest BCUT2D eigenvalue weighted by Gasteiger charge is -2.00. The van der Waals surface area contributed by atoms with Crippen molar-refractivity contribution in [1.82, 2.24) is 0 Å². The number of methoxy groups -OCH3 is 1. The molecule has 0 aliphatic carbocycles. The normalized spacial score (nSPS) is 14.3. The van der Waals surface area contributed by atoms with E-state index < -0.39 is 0 Å². The molecule has 0 saturated carbocycles. The van der Waals surface area contributed by atoms with E-state index in [0.29, 0.717) is 0 Å². The van der Waals surface area contributed by atoms with Gasteiger partial charge in [-0.3, -0.25) is 0 Å². The van der Waals surface area contributed by atoms with E-state index in [0.717, 1.165) is 0 Å². The van der Waals surface area contributed by atoms with Crippen molar-refractivity contribution in [2.75, 3.05) is 7.11 Å². The van der Waals surface area contributed by atoms with Crippen molar-refractivity contribution >= 4 is 0 Å². The van der Waals surface area contributed by atoms with Crippen LogP contribution in [0.25, 0.3) is 0 Å². The Hall–Kier alpha value is -0.300. The molecule has 10 heavy (non-hydrogen) atoms. The molecular weight excluding hydrogens is 124 g/mol. The molecule has 0 bridgehead atoms. The fourth-order valence-electron chi connectivity index (χ4n) is 0.688. The molecule has 0 aromatic heterocycles. The summed E-state index contributed by atoms with van der Waals surface area (Å²) >= 11 is 0. The van der Waals surface area contributed by atoms with E-state index in [2.05, 4.69) is 19.1 Å². The molecule has 0 fully saturated rings. The fourth-order valence-corrected chi connectivity index (χ4v) is 0.688. The van der Waals surface area contributed by atoms with Crippen LogP contribution in [0.3, 0.4) is 0 Å². The van der Waals surface area contributed by atoms with Crippen LogP contribution in [0.1, 0.15) is 33.1 Å². The Morgan fingerprint density at radius 1 is 1.50 bits per heavy atom. The average Bonchev–Trinajstić information content (AvgIpc) is 1.98. The van der Waals surface area contributed by atoms with E-state index in [1.54, 1.807) is 7.11 Å². The summed E-state index contributed by atoms with van der Waals surface area (Å²) in [5.74, 6) is 0. The van der Waals surface area contributed by atoms with Crippen LogP contribution >= 0.6 is 0 Å². The Balaban J connectivity index is 3.18. The lowest BCUT2D eigenvalue weighted by Crippen LogP contribution is -1.98. The second-order valence-electron chi connectivity index (χ2n) is 2.51. The highest BCUT2D eigenvalue weighted by Crippen LogP contribution is 1.97. The topological polar surface area (TPSA) is 9.23 Å². The van der Waals surface area contributed by atoms with E-state index in [-0.39, 0.29) is 6.10 Å². The molecule has 0 spiro atoms. The van der Waals surface area contributed by atoms with Crippen molar-refractivity contribution in [1.29, 1.82) is 0 Å². The molecule has 0 radical (unpaired) electrons. The molecule has 0 aromatic carbocycles. The first-order chi connectivity index (χ1) is 4.81. The van der Waals surface area contributed by atoms with Crippen LogP contribution in [-0.4, -0.2) is 13.2 Å². The lowest BCUT2D eigenvalue weighted by atomic mass is 10.2. The number of ether oxygens (including phenoxy) is 1. The van der Waals surface area contributed by atoms with Gasteiger partial charge in [0.25, 0.3) is 0 Å². The zero-order valence-electron chi connectivity index (χ0n) is 7.26.